The molecule has 3 aromatic heterocycles. The Kier molecular flexibility index (Phi) is 3.63. The highest BCUT2D eigenvalue weighted by atomic mass is 16.2. The molecule has 1 amide bonds. The monoisotopic (exact) mass is 337 g/mol. The Bertz CT molecular complexity index is 1010. The lowest BCUT2D eigenvalue weighted by atomic mass is 10.1. The van der Waals surface area contributed by atoms with Gasteiger partial charge < -0.3 is 4.90 Å². The average Bonchev–Trinajstić information content (AvgIpc) is 3.27. The number of nitrogens with one attached hydrogen (secondary N) is 1. The van der Waals surface area contributed by atoms with Gasteiger partial charge in [-0.05, 0) is 32.4 Å². The van der Waals surface area contributed by atoms with Crippen LogP contribution in [-0.2, 0) is 0 Å². The topological polar surface area (TPSA) is 83.4 Å². The third-order valence-electron chi connectivity index (χ3n) is 4.95. The van der Waals surface area contributed by atoms with Crippen LogP contribution in [0.5, 0.6) is 0 Å². The normalized spacial score (nSPS) is 17.4. The van der Waals surface area contributed by atoms with Gasteiger partial charge in [0.05, 0.1) is 0 Å². The molecule has 7 nitrogen and oxygen atoms in total. The van der Waals surface area contributed by atoms with Crippen LogP contribution >= 0.6 is 0 Å². The molecular weight excluding hydrogens is 318 g/mol. The molecule has 128 valence electrons. The Balaban J connectivity index is 1.60. The van der Waals surface area contributed by atoms with Gasteiger partial charge in [-0.2, -0.15) is 0 Å². The summed E-state index contributed by atoms with van der Waals surface area (Å²) in [5.74, 6) is 0.190. The summed E-state index contributed by atoms with van der Waals surface area (Å²) in [4.78, 5) is 35.2. The highest BCUT2D eigenvalue weighted by Crippen LogP contribution is 2.27. The maximum absolute atomic E-state index is 12.6. The fourth-order valence-electron chi connectivity index (χ4n) is 3.32. The lowest BCUT2D eigenvalue weighted by Gasteiger charge is -2.16. The van der Waals surface area contributed by atoms with Gasteiger partial charge >= 0.3 is 0 Å². The van der Waals surface area contributed by atoms with E-state index in [4.69, 9.17) is 0 Å². The lowest BCUT2D eigenvalue weighted by Crippen LogP contribution is -2.28. The van der Waals surface area contributed by atoms with E-state index >= 15 is 0 Å². The van der Waals surface area contributed by atoms with Crippen molar-refractivity contribution in [2.24, 2.45) is 0 Å². The van der Waals surface area contributed by atoms with Gasteiger partial charge in [-0.1, -0.05) is 0 Å². The van der Waals surface area contributed by atoms with Crippen LogP contribution in [0.4, 0.5) is 0 Å². The number of pyridine rings is 1. The summed E-state index contributed by atoms with van der Waals surface area (Å²) >= 11 is 0. The number of aromatic nitrogens is 4. The molecule has 1 aliphatic rings. The molecule has 0 aliphatic carbocycles. The third kappa shape index (κ3) is 2.61. The quantitative estimate of drug-likeness (QED) is 0.771. The molecule has 0 bridgehead atoms. The number of rotatable bonds is 2. The van der Waals surface area contributed by atoms with Crippen molar-refractivity contribution in [2.75, 3.05) is 13.1 Å². The Morgan fingerprint density at radius 3 is 2.80 bits per heavy atom. The van der Waals surface area contributed by atoms with E-state index in [1.165, 1.54) is 4.52 Å². The van der Waals surface area contributed by atoms with Crippen LogP contribution in [0.1, 0.15) is 39.6 Å². The molecule has 25 heavy (non-hydrogen) atoms. The van der Waals surface area contributed by atoms with E-state index in [-0.39, 0.29) is 17.4 Å². The molecule has 1 N–H and O–H groups in total. The zero-order valence-electron chi connectivity index (χ0n) is 14.2. The fourth-order valence-corrected chi connectivity index (χ4v) is 3.32. The summed E-state index contributed by atoms with van der Waals surface area (Å²) in [5.41, 5.74) is 3.54. The van der Waals surface area contributed by atoms with Gasteiger partial charge in [0.2, 0.25) is 0 Å². The molecular formula is C18H19N5O2. The lowest BCUT2D eigenvalue weighted by molar-refractivity contribution is 0.0790. The summed E-state index contributed by atoms with van der Waals surface area (Å²) in [6.45, 7) is 4.94. The average molecular weight is 337 g/mol. The Morgan fingerprint density at radius 2 is 2.04 bits per heavy atom. The van der Waals surface area contributed by atoms with Crippen molar-refractivity contribution in [3.63, 3.8) is 0 Å². The van der Waals surface area contributed by atoms with Gasteiger partial charge in [-0.3, -0.25) is 19.7 Å². The first-order chi connectivity index (χ1) is 12.0. The summed E-state index contributed by atoms with van der Waals surface area (Å²) in [6, 6.07) is 5.38. The summed E-state index contributed by atoms with van der Waals surface area (Å²) in [6.07, 6.45) is 4.11. The van der Waals surface area contributed by atoms with Gasteiger partial charge in [0.1, 0.15) is 0 Å². The van der Waals surface area contributed by atoms with E-state index in [0.29, 0.717) is 29.9 Å². The van der Waals surface area contributed by atoms with E-state index in [9.17, 15) is 9.59 Å². The van der Waals surface area contributed by atoms with Gasteiger partial charge in [-0.25, -0.2) is 9.50 Å². The Hall–Kier alpha value is -2.96. The molecule has 0 aromatic carbocycles. The van der Waals surface area contributed by atoms with Crippen molar-refractivity contribution < 1.29 is 4.79 Å². The number of carbonyl (C=O) groups is 1. The number of H-pyrrole nitrogens is 1. The van der Waals surface area contributed by atoms with Crippen LogP contribution in [0, 0.1) is 13.8 Å². The van der Waals surface area contributed by atoms with Crippen molar-refractivity contribution >= 4 is 11.6 Å². The summed E-state index contributed by atoms with van der Waals surface area (Å²) in [5, 5.41) is 3.17. The predicted molar refractivity (Wildman–Crippen MR) is 92.8 cm³/mol. The number of nitrogens with zero attached hydrogens (tertiary/aromatic N) is 4. The van der Waals surface area contributed by atoms with Gasteiger partial charge in [0.15, 0.2) is 5.65 Å². The molecule has 0 spiro atoms. The number of likely N-dealkylation sites (tertiary alicyclic amines) is 1. The molecule has 0 radical (unpaired) electrons. The number of fused-ring (bicyclic) bond motifs is 1. The van der Waals surface area contributed by atoms with Crippen molar-refractivity contribution in [1.82, 2.24) is 24.5 Å². The SMILES string of the molecule is Cc1nc2cc([C@H]3CCN(C(=O)c4ccncc4)C3)[nH]n2c(=O)c1C. The van der Waals surface area contributed by atoms with E-state index in [1.54, 1.807) is 31.5 Å². The smallest absolute Gasteiger partial charge is 0.275 e. The fraction of sp³-hybridized carbons (Fsp3) is 0.333. The largest absolute Gasteiger partial charge is 0.338 e. The molecule has 0 saturated carbocycles. The van der Waals surface area contributed by atoms with Gasteiger partial charge in [0.25, 0.3) is 11.5 Å². The number of aromatic amines is 1. The first-order valence-electron chi connectivity index (χ1n) is 8.33. The van der Waals surface area contributed by atoms with Crippen molar-refractivity contribution in [1.29, 1.82) is 0 Å². The molecule has 7 heteroatoms. The third-order valence-corrected chi connectivity index (χ3v) is 4.95. The van der Waals surface area contributed by atoms with Crippen LogP contribution in [0.3, 0.4) is 0 Å². The molecule has 1 saturated heterocycles. The standard InChI is InChI=1S/C18H19N5O2/c1-11-12(2)20-16-9-15(21-23(16)17(11)24)14-5-8-22(10-14)18(25)13-3-6-19-7-4-13/h3-4,6-7,9,14,21H,5,8,10H2,1-2H3/t14-/m0/s1. The molecule has 1 aliphatic heterocycles. The summed E-state index contributed by atoms with van der Waals surface area (Å²) in [7, 11) is 0. The maximum atomic E-state index is 12.6. The van der Waals surface area contributed by atoms with E-state index in [0.717, 1.165) is 17.8 Å². The molecule has 1 fully saturated rings. The second-order valence-corrected chi connectivity index (χ2v) is 6.51. The van der Waals surface area contributed by atoms with Crippen molar-refractivity contribution in [3.05, 3.63) is 63.5 Å². The Morgan fingerprint density at radius 1 is 1.28 bits per heavy atom. The maximum Gasteiger partial charge on any atom is 0.275 e. The second-order valence-electron chi connectivity index (χ2n) is 6.51. The van der Waals surface area contributed by atoms with E-state index in [1.807, 2.05) is 17.9 Å². The second kappa shape index (κ2) is 5.84. The van der Waals surface area contributed by atoms with E-state index in [2.05, 4.69) is 15.1 Å². The van der Waals surface area contributed by atoms with Crippen LogP contribution in [0.2, 0.25) is 0 Å². The number of carbonyl (C=O) groups excluding carboxylic acids is 1. The molecule has 4 heterocycles. The first-order valence-corrected chi connectivity index (χ1v) is 8.33. The van der Waals surface area contributed by atoms with Crippen LogP contribution < -0.4 is 5.56 Å². The van der Waals surface area contributed by atoms with Crippen LogP contribution in [0.25, 0.3) is 5.65 Å². The number of aryl methyl sites for hydroxylation is 1. The number of hydrogen-bond donors (Lipinski definition) is 1. The molecule has 3 aromatic rings. The van der Waals surface area contributed by atoms with Gasteiger partial charge in [-0.15, -0.1) is 0 Å². The minimum absolute atomic E-state index is 0.0167. The molecule has 1 atom stereocenters. The van der Waals surface area contributed by atoms with Crippen molar-refractivity contribution in [3.8, 4) is 0 Å². The highest BCUT2D eigenvalue weighted by molar-refractivity contribution is 5.94. The zero-order chi connectivity index (χ0) is 17.6. The summed E-state index contributed by atoms with van der Waals surface area (Å²) < 4.78 is 1.49. The van der Waals surface area contributed by atoms with E-state index < -0.39 is 0 Å². The molecule has 0 unspecified atom stereocenters. The van der Waals surface area contributed by atoms with Gasteiger partial charge in [0, 0.05) is 60.0 Å². The minimum Gasteiger partial charge on any atom is -0.338 e. The first kappa shape index (κ1) is 15.6. The Labute approximate surface area is 144 Å². The zero-order valence-corrected chi connectivity index (χ0v) is 14.2. The predicted octanol–water partition coefficient (Wildman–Crippen LogP) is 1.66. The van der Waals surface area contributed by atoms with Crippen LogP contribution in [0.15, 0.2) is 35.4 Å². The number of hydrogen-bond acceptors (Lipinski definition) is 4. The van der Waals surface area contributed by atoms with Crippen molar-refractivity contribution in [2.45, 2.75) is 26.2 Å². The highest BCUT2D eigenvalue weighted by Gasteiger charge is 2.29. The number of amides is 1. The van der Waals surface area contributed by atoms with Crippen LogP contribution in [-0.4, -0.2) is 43.5 Å². The minimum atomic E-state index is -0.0727. The molecule has 4 rings (SSSR count).